The van der Waals surface area contributed by atoms with Gasteiger partial charge in [0.25, 0.3) is 0 Å². The molecule has 5 heteroatoms. The van der Waals surface area contributed by atoms with Crippen molar-refractivity contribution in [3.8, 4) is 0 Å². The number of nitrogens with zero attached hydrogens (tertiary/aromatic N) is 2. The highest BCUT2D eigenvalue weighted by Crippen LogP contribution is 2.23. The summed E-state index contributed by atoms with van der Waals surface area (Å²) in [7, 11) is 0. The maximum atomic E-state index is 13.4. The van der Waals surface area contributed by atoms with Gasteiger partial charge in [-0.2, -0.15) is 5.10 Å². The van der Waals surface area contributed by atoms with Crippen LogP contribution in [-0.2, 0) is 13.1 Å². The first kappa shape index (κ1) is 14.7. The van der Waals surface area contributed by atoms with Crippen LogP contribution in [0.25, 0.3) is 0 Å². The number of rotatable bonds is 5. The van der Waals surface area contributed by atoms with E-state index in [-0.39, 0.29) is 5.82 Å². The van der Waals surface area contributed by atoms with Gasteiger partial charge < -0.3 is 5.32 Å². The van der Waals surface area contributed by atoms with Gasteiger partial charge in [-0.25, -0.2) is 4.39 Å². The Hall–Kier alpha value is -1.20. The Morgan fingerprint density at radius 3 is 2.86 bits per heavy atom. The first-order chi connectivity index (χ1) is 10.0. The summed E-state index contributed by atoms with van der Waals surface area (Å²) in [6.07, 6.45) is 2.56. The topological polar surface area (TPSA) is 29.9 Å². The third-order valence-electron chi connectivity index (χ3n) is 4.00. The van der Waals surface area contributed by atoms with Crippen LogP contribution in [0.15, 0.2) is 22.7 Å². The van der Waals surface area contributed by atoms with Gasteiger partial charge in [-0.3, -0.25) is 4.68 Å². The minimum atomic E-state index is -0.217. The molecule has 0 spiro atoms. The second-order valence-corrected chi connectivity index (χ2v) is 6.55. The Morgan fingerprint density at radius 1 is 1.38 bits per heavy atom. The lowest BCUT2D eigenvalue weighted by Crippen LogP contribution is -2.16. The zero-order valence-electron chi connectivity index (χ0n) is 12.3. The van der Waals surface area contributed by atoms with E-state index in [0.717, 1.165) is 28.0 Å². The summed E-state index contributed by atoms with van der Waals surface area (Å²) in [6.45, 7) is 5.56. The Kier molecular flexibility index (Phi) is 4.13. The van der Waals surface area contributed by atoms with Gasteiger partial charge >= 0.3 is 0 Å². The minimum Gasteiger partial charge on any atom is -0.310 e. The van der Waals surface area contributed by atoms with E-state index in [9.17, 15) is 4.39 Å². The lowest BCUT2D eigenvalue weighted by atomic mass is 10.2. The molecule has 21 heavy (non-hydrogen) atoms. The second kappa shape index (κ2) is 5.89. The van der Waals surface area contributed by atoms with Crippen LogP contribution in [0.1, 0.15) is 35.4 Å². The summed E-state index contributed by atoms with van der Waals surface area (Å²) >= 11 is 3.48. The molecule has 3 rings (SSSR count). The van der Waals surface area contributed by atoms with Crippen LogP contribution < -0.4 is 5.32 Å². The van der Waals surface area contributed by atoms with Crippen LogP contribution in [0.3, 0.4) is 0 Å². The molecule has 2 aromatic rings. The van der Waals surface area contributed by atoms with Crippen molar-refractivity contribution >= 4 is 15.9 Å². The van der Waals surface area contributed by atoms with Crippen LogP contribution in [0.2, 0.25) is 0 Å². The lowest BCUT2D eigenvalue weighted by Gasteiger charge is -2.08. The Balaban J connectivity index is 1.81. The van der Waals surface area contributed by atoms with Crippen molar-refractivity contribution in [2.24, 2.45) is 0 Å². The minimum absolute atomic E-state index is 0.217. The van der Waals surface area contributed by atoms with Crippen molar-refractivity contribution in [3.05, 3.63) is 51.0 Å². The number of halogens is 2. The van der Waals surface area contributed by atoms with Crippen molar-refractivity contribution < 1.29 is 4.39 Å². The maximum absolute atomic E-state index is 13.4. The molecule has 0 atom stereocenters. The predicted octanol–water partition coefficient (Wildman–Crippen LogP) is 3.70. The predicted molar refractivity (Wildman–Crippen MR) is 84.8 cm³/mol. The van der Waals surface area contributed by atoms with Gasteiger partial charge in [0.2, 0.25) is 0 Å². The SMILES string of the molecule is Cc1nn(Cc2cc(F)ccc2Br)c(C)c1CNC1CC1. The Morgan fingerprint density at radius 2 is 2.14 bits per heavy atom. The molecule has 112 valence electrons. The molecule has 0 amide bonds. The van der Waals surface area contributed by atoms with Crippen LogP contribution >= 0.6 is 15.9 Å². The molecule has 1 aromatic carbocycles. The lowest BCUT2D eigenvalue weighted by molar-refractivity contribution is 0.614. The van der Waals surface area contributed by atoms with Gasteiger partial charge in [-0.15, -0.1) is 0 Å². The van der Waals surface area contributed by atoms with E-state index in [1.807, 2.05) is 11.6 Å². The van der Waals surface area contributed by atoms with Crippen molar-refractivity contribution in [2.75, 3.05) is 0 Å². The third kappa shape index (κ3) is 3.35. The molecule has 1 N–H and O–H groups in total. The molecule has 0 bridgehead atoms. The largest absolute Gasteiger partial charge is 0.310 e. The van der Waals surface area contributed by atoms with Crippen molar-refractivity contribution in [1.82, 2.24) is 15.1 Å². The average Bonchev–Trinajstić information content (AvgIpc) is 3.22. The van der Waals surface area contributed by atoms with Crippen LogP contribution in [-0.4, -0.2) is 15.8 Å². The summed E-state index contributed by atoms with van der Waals surface area (Å²) in [4.78, 5) is 0. The van der Waals surface area contributed by atoms with Gasteiger partial charge in [-0.1, -0.05) is 15.9 Å². The van der Waals surface area contributed by atoms with Crippen molar-refractivity contribution in [2.45, 2.75) is 45.8 Å². The maximum Gasteiger partial charge on any atom is 0.123 e. The molecule has 3 nitrogen and oxygen atoms in total. The molecular weight excluding hydrogens is 333 g/mol. The molecule has 0 radical (unpaired) electrons. The number of hydrogen-bond acceptors (Lipinski definition) is 2. The number of benzene rings is 1. The summed E-state index contributed by atoms with van der Waals surface area (Å²) in [6, 6.07) is 5.44. The van der Waals surface area contributed by atoms with E-state index in [4.69, 9.17) is 0 Å². The average molecular weight is 352 g/mol. The van der Waals surface area contributed by atoms with Crippen LogP contribution in [0.5, 0.6) is 0 Å². The van der Waals surface area contributed by atoms with Gasteiger partial charge in [0.05, 0.1) is 12.2 Å². The van der Waals surface area contributed by atoms with E-state index in [1.165, 1.54) is 24.5 Å². The fourth-order valence-corrected chi connectivity index (χ4v) is 2.88. The van der Waals surface area contributed by atoms with Gasteiger partial charge in [-0.05, 0) is 50.5 Å². The van der Waals surface area contributed by atoms with E-state index >= 15 is 0 Å². The molecule has 1 saturated carbocycles. The summed E-state index contributed by atoms with van der Waals surface area (Å²) in [5, 5.41) is 8.14. The third-order valence-corrected chi connectivity index (χ3v) is 4.78. The summed E-state index contributed by atoms with van der Waals surface area (Å²) in [5.74, 6) is -0.217. The second-order valence-electron chi connectivity index (χ2n) is 5.70. The molecule has 0 unspecified atom stereocenters. The smallest absolute Gasteiger partial charge is 0.123 e. The van der Waals surface area contributed by atoms with Gasteiger partial charge in [0.1, 0.15) is 5.82 Å². The normalized spacial score (nSPS) is 14.7. The van der Waals surface area contributed by atoms with Crippen molar-refractivity contribution in [1.29, 1.82) is 0 Å². The Bertz CT molecular complexity index is 662. The van der Waals surface area contributed by atoms with E-state index in [1.54, 1.807) is 12.1 Å². The molecule has 0 saturated heterocycles. The quantitative estimate of drug-likeness (QED) is 0.889. The fourth-order valence-electron chi connectivity index (χ4n) is 2.50. The Labute approximate surface area is 132 Å². The zero-order valence-corrected chi connectivity index (χ0v) is 13.9. The molecular formula is C16H19BrFN3. The molecule has 0 aliphatic heterocycles. The first-order valence-corrected chi connectivity index (χ1v) is 8.04. The highest BCUT2D eigenvalue weighted by molar-refractivity contribution is 9.10. The first-order valence-electron chi connectivity index (χ1n) is 7.25. The van der Waals surface area contributed by atoms with E-state index < -0.39 is 0 Å². The zero-order chi connectivity index (χ0) is 15.0. The number of aromatic nitrogens is 2. The monoisotopic (exact) mass is 351 g/mol. The molecule has 1 aliphatic rings. The number of nitrogens with one attached hydrogen (secondary N) is 1. The standard InChI is InChI=1S/C16H19BrFN3/c1-10-15(8-19-14-4-5-14)11(2)21(20-10)9-12-7-13(18)3-6-16(12)17/h3,6-7,14,19H,4-5,8-9H2,1-2H3. The molecule has 1 fully saturated rings. The van der Waals surface area contributed by atoms with E-state index in [0.29, 0.717) is 12.6 Å². The van der Waals surface area contributed by atoms with Gasteiger partial charge in [0.15, 0.2) is 0 Å². The number of aryl methyl sites for hydroxylation is 1. The fraction of sp³-hybridized carbons (Fsp3) is 0.438. The highest BCUT2D eigenvalue weighted by atomic mass is 79.9. The van der Waals surface area contributed by atoms with Gasteiger partial charge in [0, 0.05) is 28.3 Å². The molecule has 1 heterocycles. The molecule has 1 aliphatic carbocycles. The summed E-state index contributed by atoms with van der Waals surface area (Å²) in [5.41, 5.74) is 4.36. The van der Waals surface area contributed by atoms with Crippen LogP contribution in [0, 0.1) is 19.7 Å². The van der Waals surface area contributed by atoms with Crippen LogP contribution in [0.4, 0.5) is 4.39 Å². The molecule has 1 aromatic heterocycles. The summed E-state index contributed by atoms with van der Waals surface area (Å²) < 4.78 is 16.3. The highest BCUT2D eigenvalue weighted by Gasteiger charge is 2.21. The van der Waals surface area contributed by atoms with Crippen molar-refractivity contribution in [3.63, 3.8) is 0 Å². The van der Waals surface area contributed by atoms with E-state index in [2.05, 4.69) is 33.3 Å². The number of hydrogen-bond donors (Lipinski definition) is 1.